The highest BCUT2D eigenvalue weighted by molar-refractivity contribution is 6.59. The molecule has 0 radical (unpaired) electrons. The molecule has 0 aromatic heterocycles. The molecule has 2 heteroatoms. The molecule has 3 aliphatic rings. The van der Waals surface area contributed by atoms with Gasteiger partial charge in [0.25, 0.3) is 0 Å². The molecule has 2 atom stereocenters. The number of hydrogen-bond acceptors (Lipinski definition) is 1. The van der Waals surface area contributed by atoms with Crippen LogP contribution < -0.4 is 5.32 Å². The molecule has 2 unspecified atom stereocenters. The Morgan fingerprint density at radius 2 is 2.00 bits per heavy atom. The van der Waals surface area contributed by atoms with Gasteiger partial charge in [0.15, 0.2) is 0 Å². The Bertz CT molecular complexity index is 377. The zero-order valence-corrected chi connectivity index (χ0v) is 13.8. The van der Waals surface area contributed by atoms with E-state index in [0.717, 1.165) is 12.0 Å². The lowest BCUT2D eigenvalue weighted by atomic mass is 9.93. The number of hydrogen-bond donors (Lipinski definition) is 1. The molecule has 0 amide bonds. The average Bonchev–Trinajstić information content (AvgIpc) is 2.81. The van der Waals surface area contributed by atoms with Crippen LogP contribution in [0.2, 0.25) is 13.1 Å². The van der Waals surface area contributed by atoms with Crippen LogP contribution in [0.3, 0.4) is 0 Å². The van der Waals surface area contributed by atoms with Crippen LogP contribution in [-0.4, -0.2) is 20.0 Å². The molecule has 106 valence electrons. The molecule has 0 heterocycles. The minimum Gasteiger partial charge on any atom is -0.311 e. The van der Waals surface area contributed by atoms with E-state index >= 15 is 0 Å². The zero-order chi connectivity index (χ0) is 13.3. The van der Waals surface area contributed by atoms with Gasteiger partial charge in [-0.1, -0.05) is 56.2 Å². The smallest absolute Gasteiger partial charge is 0.0545 e. The first-order chi connectivity index (χ1) is 9.20. The van der Waals surface area contributed by atoms with Gasteiger partial charge in [0, 0.05) is 11.2 Å². The maximum absolute atomic E-state index is 4.18. The molecule has 0 aromatic carbocycles. The fourth-order valence-electron chi connectivity index (χ4n) is 4.50. The quantitative estimate of drug-likeness (QED) is 0.769. The number of nitrogens with one attached hydrogen (secondary N) is 1. The van der Waals surface area contributed by atoms with Crippen molar-refractivity contribution in [2.45, 2.75) is 75.7 Å². The number of allylic oxidation sites excluding steroid dienone is 3. The van der Waals surface area contributed by atoms with Crippen molar-refractivity contribution in [2.75, 3.05) is 0 Å². The lowest BCUT2D eigenvalue weighted by molar-refractivity contribution is 0.285. The van der Waals surface area contributed by atoms with Gasteiger partial charge in [0.2, 0.25) is 0 Å². The summed E-state index contributed by atoms with van der Waals surface area (Å²) < 4.78 is 0. The van der Waals surface area contributed by atoms with Gasteiger partial charge >= 0.3 is 0 Å². The van der Waals surface area contributed by atoms with Gasteiger partial charge in [0.05, 0.1) is 8.80 Å². The minimum absolute atomic E-state index is 0.574. The Morgan fingerprint density at radius 3 is 2.68 bits per heavy atom. The Morgan fingerprint density at radius 1 is 1.21 bits per heavy atom. The first kappa shape index (κ1) is 13.6. The first-order valence-electron chi connectivity index (χ1n) is 8.33. The van der Waals surface area contributed by atoms with Gasteiger partial charge in [-0.05, 0) is 38.0 Å². The van der Waals surface area contributed by atoms with Gasteiger partial charge in [-0.2, -0.15) is 0 Å². The van der Waals surface area contributed by atoms with Crippen LogP contribution >= 0.6 is 0 Å². The maximum atomic E-state index is 4.18. The van der Waals surface area contributed by atoms with E-state index in [1.807, 2.05) is 0 Å². The molecule has 3 aliphatic carbocycles. The summed E-state index contributed by atoms with van der Waals surface area (Å²) in [5.74, 6) is 0.858. The van der Waals surface area contributed by atoms with E-state index in [1.165, 1.54) is 51.4 Å². The van der Waals surface area contributed by atoms with Crippen molar-refractivity contribution in [2.24, 2.45) is 5.92 Å². The van der Waals surface area contributed by atoms with E-state index in [9.17, 15) is 0 Å². The zero-order valence-electron chi connectivity index (χ0n) is 12.6. The topological polar surface area (TPSA) is 12.0 Å². The minimum atomic E-state index is -0.633. The van der Waals surface area contributed by atoms with E-state index in [0.29, 0.717) is 5.16 Å². The molecule has 0 bridgehead atoms. The molecule has 2 fully saturated rings. The van der Waals surface area contributed by atoms with Gasteiger partial charge in [0.1, 0.15) is 0 Å². The highest BCUT2D eigenvalue weighted by Gasteiger charge is 2.39. The third kappa shape index (κ3) is 2.75. The van der Waals surface area contributed by atoms with Crippen molar-refractivity contribution < 1.29 is 0 Å². The number of fused-ring (bicyclic) bond motifs is 1. The van der Waals surface area contributed by atoms with E-state index in [2.05, 4.69) is 36.6 Å². The molecule has 19 heavy (non-hydrogen) atoms. The van der Waals surface area contributed by atoms with Crippen molar-refractivity contribution in [1.82, 2.24) is 5.32 Å². The molecule has 0 spiro atoms. The standard InChI is InChI=1S/C17H29NSi/c1-19(2)17(10-6-3-7-11-17)18-16-12-14-8-4-5-9-15(14)13-16/h4-5,8,15-16,18-19H,3,6-7,9-13H2,1-2H3. The maximum Gasteiger partial charge on any atom is 0.0545 e. The molecule has 1 nitrogen and oxygen atoms in total. The molecule has 1 N–H and O–H groups in total. The second kappa shape index (κ2) is 5.57. The van der Waals surface area contributed by atoms with Gasteiger partial charge in [-0.15, -0.1) is 0 Å². The van der Waals surface area contributed by atoms with E-state index in [1.54, 1.807) is 5.57 Å². The van der Waals surface area contributed by atoms with E-state index < -0.39 is 8.80 Å². The normalized spacial score (nSPS) is 33.3. The van der Waals surface area contributed by atoms with Gasteiger partial charge in [-0.3, -0.25) is 0 Å². The van der Waals surface area contributed by atoms with Crippen LogP contribution in [0.1, 0.15) is 51.4 Å². The molecular weight excluding hydrogens is 246 g/mol. The molecular formula is C17H29NSi. The molecule has 0 aromatic rings. The second-order valence-corrected chi connectivity index (χ2v) is 10.7. The van der Waals surface area contributed by atoms with Crippen LogP contribution in [-0.2, 0) is 0 Å². The Hall–Kier alpha value is -0.343. The molecule has 0 saturated heterocycles. The predicted octanol–water partition coefficient (Wildman–Crippen LogP) is 3.97. The monoisotopic (exact) mass is 275 g/mol. The van der Waals surface area contributed by atoms with Gasteiger partial charge < -0.3 is 5.32 Å². The van der Waals surface area contributed by atoms with E-state index in [-0.39, 0.29) is 0 Å². The molecule has 0 aliphatic heterocycles. The van der Waals surface area contributed by atoms with Crippen molar-refractivity contribution in [1.29, 1.82) is 0 Å². The Labute approximate surface area is 120 Å². The van der Waals surface area contributed by atoms with Crippen LogP contribution in [0.25, 0.3) is 0 Å². The number of rotatable bonds is 3. The van der Waals surface area contributed by atoms with Crippen LogP contribution in [0.5, 0.6) is 0 Å². The lowest BCUT2D eigenvalue weighted by Gasteiger charge is -2.43. The average molecular weight is 276 g/mol. The summed E-state index contributed by atoms with van der Waals surface area (Å²) in [6, 6.07) is 0.768. The highest BCUT2D eigenvalue weighted by Crippen LogP contribution is 2.39. The third-order valence-corrected chi connectivity index (χ3v) is 8.74. The van der Waals surface area contributed by atoms with Crippen molar-refractivity contribution in [3.05, 3.63) is 23.8 Å². The van der Waals surface area contributed by atoms with Crippen LogP contribution in [0.4, 0.5) is 0 Å². The summed E-state index contributed by atoms with van der Waals surface area (Å²) in [5.41, 5.74) is 1.72. The molecule has 2 saturated carbocycles. The van der Waals surface area contributed by atoms with Crippen LogP contribution in [0, 0.1) is 5.92 Å². The Balaban J connectivity index is 1.67. The summed E-state index contributed by atoms with van der Waals surface area (Å²) in [6.07, 6.45) is 18.3. The fourth-order valence-corrected chi connectivity index (χ4v) is 6.64. The summed E-state index contributed by atoms with van der Waals surface area (Å²) in [7, 11) is -0.633. The summed E-state index contributed by atoms with van der Waals surface area (Å²) >= 11 is 0. The third-order valence-electron chi connectivity index (χ3n) is 5.79. The van der Waals surface area contributed by atoms with Crippen molar-refractivity contribution in [3.8, 4) is 0 Å². The predicted molar refractivity (Wildman–Crippen MR) is 86.2 cm³/mol. The fraction of sp³-hybridized carbons (Fsp3) is 0.765. The second-order valence-electron chi connectivity index (χ2n) is 7.25. The highest BCUT2D eigenvalue weighted by atomic mass is 28.3. The Kier molecular flexibility index (Phi) is 4.00. The van der Waals surface area contributed by atoms with E-state index in [4.69, 9.17) is 0 Å². The summed E-state index contributed by atoms with van der Waals surface area (Å²) in [6.45, 7) is 5.11. The summed E-state index contributed by atoms with van der Waals surface area (Å²) in [5, 5.41) is 4.75. The van der Waals surface area contributed by atoms with Gasteiger partial charge in [-0.25, -0.2) is 0 Å². The lowest BCUT2D eigenvalue weighted by Crippen LogP contribution is -2.58. The largest absolute Gasteiger partial charge is 0.311 e. The van der Waals surface area contributed by atoms with Crippen molar-refractivity contribution in [3.63, 3.8) is 0 Å². The summed E-state index contributed by atoms with van der Waals surface area (Å²) in [4.78, 5) is 0. The first-order valence-corrected chi connectivity index (χ1v) is 11.2. The SMILES string of the molecule is C[SiH](C)C1(NC2CC3=CC=CCC3C2)CCCCC1. The van der Waals surface area contributed by atoms with Crippen LogP contribution in [0.15, 0.2) is 23.8 Å². The van der Waals surface area contributed by atoms with Crippen molar-refractivity contribution >= 4 is 8.80 Å². The molecule has 3 rings (SSSR count).